The lowest BCUT2D eigenvalue weighted by molar-refractivity contribution is 0.101. The number of carbonyl (C=O) groups is 1. The molecule has 1 amide bonds. The summed E-state index contributed by atoms with van der Waals surface area (Å²) in [5.41, 5.74) is 0.829. The monoisotopic (exact) mass is 345 g/mol. The fourth-order valence-corrected chi connectivity index (χ4v) is 2.25. The van der Waals surface area contributed by atoms with Crippen LogP contribution in [0.3, 0.4) is 0 Å². The number of amides is 1. The Morgan fingerprint density at radius 3 is 2.95 bits per heavy atom. The van der Waals surface area contributed by atoms with Crippen LogP contribution in [-0.4, -0.2) is 15.7 Å². The third-order valence-corrected chi connectivity index (χ3v) is 3.36. The zero-order chi connectivity index (χ0) is 14.0. The van der Waals surface area contributed by atoms with Gasteiger partial charge in [0.05, 0.1) is 15.7 Å². The lowest BCUT2D eigenvalue weighted by atomic mass is 10.3. The van der Waals surface area contributed by atoms with E-state index < -0.39 is 5.82 Å². The standard InChI is InChI=1S/C12H10BrClFN3O/c1-2-18-11(8(13)6-16-18)12(19)17-7-3-4-10(15)9(14)5-7/h3-6H,2H2,1H3,(H,17,19). The zero-order valence-corrected chi connectivity index (χ0v) is 12.3. The van der Waals surface area contributed by atoms with E-state index in [0.29, 0.717) is 22.4 Å². The van der Waals surface area contributed by atoms with E-state index in [1.165, 1.54) is 18.2 Å². The number of rotatable bonds is 3. The van der Waals surface area contributed by atoms with Crippen molar-refractivity contribution in [3.63, 3.8) is 0 Å². The molecule has 100 valence electrons. The minimum atomic E-state index is -0.528. The van der Waals surface area contributed by atoms with Gasteiger partial charge in [-0.15, -0.1) is 0 Å². The lowest BCUT2D eigenvalue weighted by Gasteiger charge is -2.08. The highest BCUT2D eigenvalue weighted by atomic mass is 79.9. The van der Waals surface area contributed by atoms with Crippen LogP contribution in [-0.2, 0) is 6.54 Å². The maximum absolute atomic E-state index is 13.0. The molecule has 2 aromatic rings. The Labute approximate surface area is 122 Å². The van der Waals surface area contributed by atoms with E-state index in [9.17, 15) is 9.18 Å². The van der Waals surface area contributed by atoms with Crippen LogP contribution in [0.4, 0.5) is 10.1 Å². The predicted molar refractivity (Wildman–Crippen MR) is 75.0 cm³/mol. The number of aromatic nitrogens is 2. The second-order valence-electron chi connectivity index (χ2n) is 3.74. The number of nitrogens with one attached hydrogen (secondary N) is 1. The molecule has 0 saturated carbocycles. The average molecular weight is 347 g/mol. The van der Waals surface area contributed by atoms with Crippen molar-refractivity contribution in [2.45, 2.75) is 13.5 Å². The summed E-state index contributed by atoms with van der Waals surface area (Å²) in [5.74, 6) is -0.867. The first-order valence-corrected chi connectivity index (χ1v) is 6.67. The third kappa shape index (κ3) is 2.96. The number of halogens is 3. The molecule has 0 radical (unpaired) electrons. The van der Waals surface area contributed by atoms with Gasteiger partial charge in [-0.05, 0) is 41.1 Å². The Morgan fingerprint density at radius 1 is 1.58 bits per heavy atom. The Morgan fingerprint density at radius 2 is 2.32 bits per heavy atom. The minimum absolute atomic E-state index is 0.0409. The summed E-state index contributed by atoms with van der Waals surface area (Å²) in [4.78, 5) is 12.1. The van der Waals surface area contributed by atoms with Crippen LogP contribution in [0.1, 0.15) is 17.4 Å². The predicted octanol–water partition coefficient (Wildman–Crippen LogP) is 3.71. The number of aryl methyl sites for hydroxylation is 1. The summed E-state index contributed by atoms with van der Waals surface area (Å²) in [6, 6.07) is 4.00. The highest BCUT2D eigenvalue weighted by Gasteiger charge is 2.16. The molecule has 1 N–H and O–H groups in total. The summed E-state index contributed by atoms with van der Waals surface area (Å²) >= 11 is 8.93. The van der Waals surface area contributed by atoms with Crippen molar-refractivity contribution in [1.29, 1.82) is 0 Å². The molecule has 0 spiro atoms. The van der Waals surface area contributed by atoms with Gasteiger partial charge in [-0.1, -0.05) is 11.6 Å². The molecule has 1 aromatic carbocycles. The van der Waals surface area contributed by atoms with Crippen LogP contribution in [0.2, 0.25) is 5.02 Å². The van der Waals surface area contributed by atoms with Crippen LogP contribution in [0.15, 0.2) is 28.9 Å². The van der Waals surface area contributed by atoms with Crippen LogP contribution in [0.5, 0.6) is 0 Å². The van der Waals surface area contributed by atoms with Crippen molar-refractivity contribution >= 4 is 39.1 Å². The van der Waals surface area contributed by atoms with E-state index in [2.05, 4.69) is 26.3 Å². The fourth-order valence-electron chi connectivity index (χ4n) is 1.59. The van der Waals surface area contributed by atoms with Gasteiger partial charge < -0.3 is 5.32 Å². The summed E-state index contributed by atoms with van der Waals surface area (Å²) < 4.78 is 15.2. The summed E-state index contributed by atoms with van der Waals surface area (Å²) in [7, 11) is 0. The second kappa shape index (κ2) is 5.71. The number of anilines is 1. The molecule has 2 rings (SSSR count). The normalized spacial score (nSPS) is 10.5. The van der Waals surface area contributed by atoms with Gasteiger partial charge in [0.1, 0.15) is 11.5 Å². The van der Waals surface area contributed by atoms with Gasteiger partial charge in [-0.3, -0.25) is 9.48 Å². The van der Waals surface area contributed by atoms with Gasteiger partial charge in [0.25, 0.3) is 5.91 Å². The number of nitrogens with zero attached hydrogens (tertiary/aromatic N) is 2. The lowest BCUT2D eigenvalue weighted by Crippen LogP contribution is -2.18. The molecule has 0 unspecified atom stereocenters. The molecule has 1 heterocycles. The molecule has 0 aliphatic heterocycles. The molecular formula is C12H10BrClFN3O. The highest BCUT2D eigenvalue weighted by molar-refractivity contribution is 9.10. The maximum atomic E-state index is 13.0. The Bertz CT molecular complexity index is 629. The molecule has 0 atom stereocenters. The molecule has 0 bridgehead atoms. The minimum Gasteiger partial charge on any atom is -0.321 e. The first-order valence-electron chi connectivity index (χ1n) is 5.50. The quantitative estimate of drug-likeness (QED) is 0.921. The smallest absolute Gasteiger partial charge is 0.275 e. The Hall–Kier alpha value is -1.40. The molecule has 0 fully saturated rings. The van der Waals surface area contributed by atoms with Crippen LogP contribution < -0.4 is 5.32 Å². The zero-order valence-electron chi connectivity index (χ0n) is 9.95. The first-order chi connectivity index (χ1) is 9.02. The van der Waals surface area contributed by atoms with Crippen LogP contribution in [0.25, 0.3) is 0 Å². The largest absolute Gasteiger partial charge is 0.321 e. The van der Waals surface area contributed by atoms with Gasteiger partial charge in [-0.2, -0.15) is 5.10 Å². The average Bonchev–Trinajstić information content (AvgIpc) is 2.75. The number of benzene rings is 1. The molecule has 7 heteroatoms. The third-order valence-electron chi connectivity index (χ3n) is 2.49. The van der Waals surface area contributed by atoms with Crippen LogP contribution in [0, 0.1) is 5.82 Å². The highest BCUT2D eigenvalue weighted by Crippen LogP contribution is 2.21. The molecule has 1 aromatic heterocycles. The van der Waals surface area contributed by atoms with E-state index in [0.717, 1.165) is 0 Å². The summed E-state index contributed by atoms with van der Waals surface area (Å²) in [6.07, 6.45) is 1.55. The maximum Gasteiger partial charge on any atom is 0.275 e. The van der Waals surface area contributed by atoms with Crippen molar-refractivity contribution in [3.05, 3.63) is 45.4 Å². The van der Waals surface area contributed by atoms with Gasteiger partial charge >= 0.3 is 0 Å². The van der Waals surface area contributed by atoms with Crippen molar-refractivity contribution in [1.82, 2.24) is 9.78 Å². The molecule has 4 nitrogen and oxygen atoms in total. The fraction of sp³-hybridized carbons (Fsp3) is 0.167. The second-order valence-corrected chi connectivity index (χ2v) is 5.00. The SMILES string of the molecule is CCn1ncc(Br)c1C(=O)Nc1ccc(F)c(Cl)c1. The van der Waals surface area contributed by atoms with Gasteiger partial charge in [0.2, 0.25) is 0 Å². The summed E-state index contributed by atoms with van der Waals surface area (Å²) in [6.45, 7) is 2.45. The number of hydrogen-bond donors (Lipinski definition) is 1. The Kier molecular flexibility index (Phi) is 4.21. The van der Waals surface area contributed by atoms with Crippen molar-refractivity contribution in [3.8, 4) is 0 Å². The molecule has 0 saturated heterocycles. The van der Waals surface area contributed by atoms with Crippen LogP contribution >= 0.6 is 27.5 Å². The van der Waals surface area contributed by atoms with E-state index >= 15 is 0 Å². The Balaban J connectivity index is 2.25. The van der Waals surface area contributed by atoms with Gasteiger partial charge in [0.15, 0.2) is 0 Å². The number of carbonyl (C=O) groups excluding carboxylic acids is 1. The van der Waals surface area contributed by atoms with Gasteiger partial charge in [-0.25, -0.2) is 4.39 Å². The van der Waals surface area contributed by atoms with Crippen molar-refractivity contribution in [2.75, 3.05) is 5.32 Å². The van der Waals surface area contributed by atoms with Crippen molar-refractivity contribution < 1.29 is 9.18 Å². The van der Waals surface area contributed by atoms with Crippen molar-refractivity contribution in [2.24, 2.45) is 0 Å². The topological polar surface area (TPSA) is 46.9 Å². The van der Waals surface area contributed by atoms with E-state index in [4.69, 9.17) is 11.6 Å². The molecule has 0 aliphatic rings. The van der Waals surface area contributed by atoms with E-state index in [-0.39, 0.29) is 10.9 Å². The molecular weight excluding hydrogens is 337 g/mol. The van der Waals surface area contributed by atoms with E-state index in [1.54, 1.807) is 10.9 Å². The number of hydrogen-bond acceptors (Lipinski definition) is 2. The first kappa shape index (κ1) is 14.0. The molecule has 0 aliphatic carbocycles. The molecule has 19 heavy (non-hydrogen) atoms. The summed E-state index contributed by atoms with van der Waals surface area (Å²) in [5, 5.41) is 6.66. The van der Waals surface area contributed by atoms with Gasteiger partial charge in [0, 0.05) is 12.2 Å². The van der Waals surface area contributed by atoms with E-state index in [1.807, 2.05) is 6.92 Å².